The van der Waals surface area contributed by atoms with Gasteiger partial charge in [0.05, 0.1) is 33.3 Å². The second kappa shape index (κ2) is 21.8. The third-order valence-electron chi connectivity index (χ3n) is 20.9. The van der Waals surface area contributed by atoms with Crippen LogP contribution in [0.4, 0.5) is 69.2 Å². The molecule has 0 N–H and O–H groups in total. The SMILES string of the molecule is C=Cc1ccc(CC23c4ccccc4-c4ccc(cc42)N(c2ccc(-c4ccc(N5c6ccc7c(c6)C(Cc6ccc(C=C)cc6)(c6ccccc6-7)c6c(F)c(F)c(F)c(c6F)-c6cc5c5ccccc5c6)cc4)cc2)c2cc(cc4ccccc24)-c2c(F)c(F)c(F)c3c2F)cc1. The molecule has 0 fully saturated rings. The molecule has 0 saturated carbocycles. The third kappa shape index (κ3) is 8.33. The fraction of sp³-hybridized carbons (Fsp3) is 0.0455. The van der Waals surface area contributed by atoms with Crippen LogP contribution in [-0.4, -0.2) is 0 Å². The maximum Gasteiger partial charge on any atom is 0.195 e. The van der Waals surface area contributed by atoms with E-state index in [9.17, 15) is 0 Å². The maximum absolute atomic E-state index is 18.4. The first-order chi connectivity index (χ1) is 47.8. The summed E-state index contributed by atoms with van der Waals surface area (Å²) in [5.41, 5.74) is 7.23. The van der Waals surface area contributed by atoms with Gasteiger partial charge in [-0.2, -0.15) is 0 Å². The van der Waals surface area contributed by atoms with E-state index < -0.39 is 79.6 Å². The Bertz CT molecular complexity index is 5430. The molecule has 470 valence electrons. The monoisotopic (exact) mass is 1290 g/mol. The molecule has 2 atom stereocenters. The van der Waals surface area contributed by atoms with Crippen LogP contribution in [0.2, 0.25) is 0 Å². The van der Waals surface area contributed by atoms with Crippen LogP contribution in [0.25, 0.3) is 89.3 Å². The van der Waals surface area contributed by atoms with E-state index in [0.717, 1.165) is 33.0 Å². The predicted octanol–water partition coefficient (Wildman–Crippen LogP) is 24.1. The zero-order valence-electron chi connectivity index (χ0n) is 52.1. The molecule has 98 heavy (non-hydrogen) atoms. The summed E-state index contributed by atoms with van der Waals surface area (Å²) in [6.45, 7) is 7.83. The van der Waals surface area contributed by atoms with E-state index in [1.54, 1.807) is 48.6 Å². The smallest absolute Gasteiger partial charge is 0.195 e. The molecular weight excluding hydrogens is 1240 g/mol. The van der Waals surface area contributed by atoms with Gasteiger partial charge in [-0.1, -0.05) is 207 Å². The summed E-state index contributed by atoms with van der Waals surface area (Å²) >= 11 is 0. The third-order valence-corrected chi connectivity index (χ3v) is 20.9. The number of hydrogen-bond acceptors (Lipinski definition) is 2. The Morgan fingerprint density at radius 1 is 0.296 bits per heavy atom. The lowest BCUT2D eigenvalue weighted by Crippen LogP contribution is -2.33. The molecule has 14 aromatic carbocycles. The first kappa shape index (κ1) is 58.7. The summed E-state index contributed by atoms with van der Waals surface area (Å²) in [5.74, 6) is -12.4. The Morgan fingerprint density at radius 3 is 1.05 bits per heavy atom. The van der Waals surface area contributed by atoms with Gasteiger partial charge in [0, 0.05) is 44.6 Å². The molecule has 2 nitrogen and oxygen atoms in total. The Morgan fingerprint density at radius 2 is 0.653 bits per heavy atom. The van der Waals surface area contributed by atoms with E-state index in [0.29, 0.717) is 101 Å². The average molecular weight is 1290 g/mol. The van der Waals surface area contributed by atoms with Crippen LogP contribution in [0, 0.1) is 46.5 Å². The van der Waals surface area contributed by atoms with E-state index in [-0.39, 0.29) is 24.0 Å². The molecule has 2 heterocycles. The van der Waals surface area contributed by atoms with Gasteiger partial charge in [-0.15, -0.1) is 0 Å². The lowest BCUT2D eigenvalue weighted by atomic mass is 9.67. The topological polar surface area (TPSA) is 6.48 Å². The number of fused-ring (bicyclic) bond motifs is 24. The second-order valence-corrected chi connectivity index (χ2v) is 25.8. The van der Waals surface area contributed by atoms with Crippen LogP contribution < -0.4 is 9.80 Å². The van der Waals surface area contributed by atoms with Gasteiger partial charge in [0.15, 0.2) is 34.9 Å². The summed E-state index contributed by atoms with van der Waals surface area (Å²) in [6.07, 6.45) is 3.37. The van der Waals surface area contributed by atoms with Gasteiger partial charge in [-0.3, -0.25) is 0 Å². The molecule has 10 heteroatoms. The molecule has 12 bridgehead atoms. The molecule has 0 amide bonds. The number of nitrogens with zero attached hydrogens (tertiary/aromatic N) is 2. The maximum atomic E-state index is 18.4. The van der Waals surface area contributed by atoms with Crippen LogP contribution in [0.1, 0.15) is 55.6 Å². The van der Waals surface area contributed by atoms with Gasteiger partial charge >= 0.3 is 0 Å². The van der Waals surface area contributed by atoms with Crippen LogP contribution in [0.5, 0.6) is 0 Å². The van der Waals surface area contributed by atoms with E-state index in [2.05, 4.69) is 13.2 Å². The van der Waals surface area contributed by atoms with Crippen molar-refractivity contribution in [3.05, 3.63) is 370 Å². The minimum atomic E-state index is -1.78. The highest BCUT2D eigenvalue weighted by Crippen LogP contribution is 2.61. The minimum absolute atomic E-state index is 0.0132. The largest absolute Gasteiger partial charge is 0.310 e. The Hall–Kier alpha value is -11.9. The van der Waals surface area contributed by atoms with E-state index in [1.165, 1.54) is 0 Å². The highest BCUT2D eigenvalue weighted by Gasteiger charge is 2.52. The fourth-order valence-corrected chi connectivity index (χ4v) is 16.5. The molecule has 14 aromatic rings. The summed E-state index contributed by atoms with van der Waals surface area (Å²) in [6, 6.07) is 78.6. The molecule has 4 aliphatic rings. The average Bonchev–Trinajstić information content (AvgIpc) is 1.51. The summed E-state index contributed by atoms with van der Waals surface area (Å²) in [7, 11) is 0. The van der Waals surface area contributed by atoms with Gasteiger partial charge in [0.2, 0.25) is 0 Å². The fourth-order valence-electron chi connectivity index (χ4n) is 16.5. The molecule has 0 radical (unpaired) electrons. The van der Waals surface area contributed by atoms with Crippen LogP contribution in [-0.2, 0) is 23.7 Å². The van der Waals surface area contributed by atoms with Crippen molar-refractivity contribution in [2.45, 2.75) is 23.7 Å². The van der Waals surface area contributed by atoms with Crippen molar-refractivity contribution in [3.63, 3.8) is 0 Å². The van der Waals surface area contributed by atoms with E-state index >= 15 is 35.1 Å². The lowest BCUT2D eigenvalue weighted by Gasteiger charge is -2.35. The molecule has 2 unspecified atom stereocenters. The molecule has 2 aliphatic heterocycles. The quantitative estimate of drug-likeness (QED) is 0.0807. The van der Waals surface area contributed by atoms with Crippen molar-refractivity contribution in [1.29, 1.82) is 0 Å². The Labute approximate surface area is 559 Å². The van der Waals surface area contributed by atoms with Crippen molar-refractivity contribution < 1.29 is 35.1 Å². The highest BCUT2D eigenvalue weighted by atomic mass is 19.2. The summed E-state index contributed by atoms with van der Waals surface area (Å²) in [5, 5.41) is 2.65. The molecule has 2 aliphatic carbocycles. The van der Waals surface area contributed by atoms with Crippen LogP contribution >= 0.6 is 0 Å². The first-order valence-corrected chi connectivity index (χ1v) is 32.3. The summed E-state index contributed by atoms with van der Waals surface area (Å²) in [4.78, 5) is 4.04. The zero-order chi connectivity index (χ0) is 66.6. The second-order valence-electron chi connectivity index (χ2n) is 25.8. The predicted molar refractivity (Wildman–Crippen MR) is 378 cm³/mol. The van der Waals surface area contributed by atoms with Crippen molar-refractivity contribution in [3.8, 4) is 55.6 Å². The highest BCUT2D eigenvalue weighted by molar-refractivity contribution is 6.05. The van der Waals surface area contributed by atoms with Crippen LogP contribution in [0.3, 0.4) is 0 Å². The van der Waals surface area contributed by atoms with Gasteiger partial charge in [0.1, 0.15) is 11.6 Å². The molecule has 18 rings (SSSR count). The number of hydrogen-bond donors (Lipinski definition) is 0. The normalized spacial score (nSPS) is 15.8. The van der Waals surface area contributed by atoms with Crippen molar-refractivity contribution in [2.75, 3.05) is 9.80 Å². The van der Waals surface area contributed by atoms with Gasteiger partial charge in [-0.25, -0.2) is 35.1 Å². The molecule has 0 spiro atoms. The van der Waals surface area contributed by atoms with Crippen molar-refractivity contribution in [2.24, 2.45) is 0 Å². The number of anilines is 6. The van der Waals surface area contributed by atoms with Gasteiger partial charge in [0.25, 0.3) is 0 Å². The zero-order valence-corrected chi connectivity index (χ0v) is 52.1. The summed E-state index contributed by atoms with van der Waals surface area (Å²) < 4.78 is 140. The van der Waals surface area contributed by atoms with Crippen molar-refractivity contribution >= 4 is 67.8 Å². The molecule has 0 aromatic heterocycles. The van der Waals surface area contributed by atoms with E-state index in [1.807, 2.05) is 228 Å². The molecule has 0 saturated heterocycles. The Balaban J connectivity index is 0.808. The Kier molecular flexibility index (Phi) is 13.1. The number of benzene rings is 14. The van der Waals surface area contributed by atoms with Gasteiger partial charge < -0.3 is 9.80 Å². The molecular formula is C88H52F8N2. The first-order valence-electron chi connectivity index (χ1n) is 32.3. The number of rotatable bonds is 9. The van der Waals surface area contributed by atoms with Crippen LogP contribution in [0.15, 0.2) is 268 Å². The standard InChI is InChI=1S/C88H52F8N2/c1-3-49-21-25-51(26-22-49)47-87-69-19-11-9-17-65(69)67-39-37-61(45-71(67)87)97(73-43-57(41-55-13-5-7-15-63(55)73)75-79(89)77(87)83(93)85(95)81(75)91)59-33-29-53(30-34-59)54-31-35-60(36-32-54)98-62-38-40-68-66-18-10-12-20-70(66)88(72(68)46-62,48-52-27-23-50(4-2)24-28-52)78-80(90)76(82(92)86(96)84(78)94)58-42-56-14-6-8-16-64(56)74(98)44-58/h3-46H,1-2,47-48H2. The van der Waals surface area contributed by atoms with Crippen molar-refractivity contribution in [1.82, 2.24) is 0 Å². The minimum Gasteiger partial charge on any atom is -0.310 e. The van der Waals surface area contributed by atoms with E-state index in [4.69, 9.17) is 0 Å². The van der Waals surface area contributed by atoms with Gasteiger partial charge in [-0.05, 0) is 185 Å². The lowest BCUT2D eigenvalue weighted by molar-refractivity contribution is 0.410. The number of halogens is 8.